The van der Waals surface area contributed by atoms with Crippen LogP contribution in [0.2, 0.25) is 0 Å². The average Bonchev–Trinajstić information content (AvgIpc) is 2.46. The van der Waals surface area contributed by atoms with E-state index >= 15 is 0 Å². The summed E-state index contributed by atoms with van der Waals surface area (Å²) in [6.07, 6.45) is 0.636. The lowest BCUT2D eigenvalue weighted by atomic mass is 10.1. The molecule has 0 aromatic heterocycles. The van der Waals surface area contributed by atoms with Gasteiger partial charge < -0.3 is 14.9 Å². The molecule has 0 fully saturated rings. The Labute approximate surface area is 113 Å². The molecular formula is C16H18O3. The van der Waals surface area contributed by atoms with Gasteiger partial charge in [-0.25, -0.2) is 0 Å². The minimum absolute atomic E-state index is 0.103. The van der Waals surface area contributed by atoms with Crippen molar-refractivity contribution in [3.8, 4) is 11.5 Å². The van der Waals surface area contributed by atoms with Gasteiger partial charge in [0.15, 0.2) is 0 Å². The predicted molar refractivity (Wildman–Crippen MR) is 74.2 cm³/mol. The zero-order valence-corrected chi connectivity index (χ0v) is 10.7. The molecule has 1 unspecified atom stereocenters. The molecule has 0 saturated heterocycles. The highest BCUT2D eigenvalue weighted by Crippen LogP contribution is 2.24. The Balaban J connectivity index is 1.98. The van der Waals surface area contributed by atoms with Crippen LogP contribution in [-0.4, -0.2) is 16.8 Å². The fraction of sp³-hybridized carbons (Fsp3) is 0.250. The van der Waals surface area contributed by atoms with Crippen LogP contribution in [0.1, 0.15) is 24.5 Å². The van der Waals surface area contributed by atoms with Crippen LogP contribution in [0.25, 0.3) is 0 Å². The van der Waals surface area contributed by atoms with Crippen molar-refractivity contribution in [1.82, 2.24) is 0 Å². The van der Waals surface area contributed by atoms with Crippen molar-refractivity contribution in [2.24, 2.45) is 0 Å². The number of aliphatic hydroxyl groups is 2. The molecular weight excluding hydrogens is 240 g/mol. The molecule has 0 spiro atoms. The maximum Gasteiger partial charge on any atom is 0.127 e. The van der Waals surface area contributed by atoms with Crippen LogP contribution in [0.4, 0.5) is 0 Å². The summed E-state index contributed by atoms with van der Waals surface area (Å²) in [7, 11) is 0. The molecule has 0 aliphatic carbocycles. The minimum atomic E-state index is -0.530. The van der Waals surface area contributed by atoms with Crippen LogP contribution in [0.5, 0.6) is 11.5 Å². The summed E-state index contributed by atoms with van der Waals surface area (Å²) in [5.41, 5.74) is 0.842. The fourth-order valence-corrected chi connectivity index (χ4v) is 1.83. The third-order valence-electron chi connectivity index (χ3n) is 2.88. The Hall–Kier alpha value is -1.84. The topological polar surface area (TPSA) is 49.7 Å². The van der Waals surface area contributed by atoms with E-state index in [2.05, 4.69) is 0 Å². The lowest BCUT2D eigenvalue weighted by molar-refractivity contribution is 0.152. The summed E-state index contributed by atoms with van der Waals surface area (Å²) >= 11 is 0. The van der Waals surface area contributed by atoms with E-state index in [1.54, 1.807) is 0 Å². The number of hydrogen-bond donors (Lipinski definition) is 2. The van der Waals surface area contributed by atoms with E-state index in [-0.39, 0.29) is 6.61 Å². The van der Waals surface area contributed by atoms with Gasteiger partial charge in [-0.1, -0.05) is 30.3 Å². The molecule has 2 N–H and O–H groups in total. The van der Waals surface area contributed by atoms with E-state index < -0.39 is 6.10 Å². The maximum atomic E-state index is 9.88. The first-order valence-electron chi connectivity index (χ1n) is 6.41. The van der Waals surface area contributed by atoms with Crippen LogP contribution in [0.15, 0.2) is 54.6 Å². The van der Waals surface area contributed by atoms with Gasteiger partial charge >= 0.3 is 0 Å². The summed E-state index contributed by atoms with van der Waals surface area (Å²) in [6, 6.07) is 16.9. The highest BCUT2D eigenvalue weighted by molar-refractivity contribution is 5.33. The average molecular weight is 258 g/mol. The second-order valence-electron chi connectivity index (χ2n) is 4.37. The lowest BCUT2D eigenvalue weighted by Crippen LogP contribution is -1.98. The monoisotopic (exact) mass is 258 g/mol. The number of hydrogen-bond acceptors (Lipinski definition) is 3. The van der Waals surface area contributed by atoms with Gasteiger partial charge in [0, 0.05) is 6.61 Å². The van der Waals surface area contributed by atoms with Gasteiger partial charge in [-0.05, 0) is 42.7 Å². The molecule has 2 rings (SSSR count). The maximum absolute atomic E-state index is 9.88. The predicted octanol–water partition coefficient (Wildman–Crippen LogP) is 3.28. The quantitative estimate of drug-likeness (QED) is 0.836. The molecule has 3 nitrogen and oxygen atoms in total. The van der Waals surface area contributed by atoms with Crippen LogP contribution in [0, 0.1) is 0 Å². The van der Waals surface area contributed by atoms with Gasteiger partial charge in [-0.15, -0.1) is 0 Å². The van der Waals surface area contributed by atoms with Crippen molar-refractivity contribution in [3.05, 3.63) is 60.2 Å². The highest BCUT2D eigenvalue weighted by atomic mass is 16.5. The van der Waals surface area contributed by atoms with Crippen molar-refractivity contribution in [2.75, 3.05) is 6.61 Å². The summed E-state index contributed by atoms with van der Waals surface area (Å²) in [4.78, 5) is 0. The molecule has 0 saturated carbocycles. The Morgan fingerprint density at radius 1 is 0.895 bits per heavy atom. The molecule has 0 aliphatic rings. The second-order valence-corrected chi connectivity index (χ2v) is 4.37. The first kappa shape index (κ1) is 13.6. The van der Waals surface area contributed by atoms with Crippen molar-refractivity contribution < 1.29 is 14.9 Å². The standard InChI is InChI=1S/C16H18O3/c17-12-4-7-16(18)13-8-10-15(11-9-13)19-14-5-2-1-3-6-14/h1-3,5-6,8-11,16-18H,4,7,12H2. The molecule has 19 heavy (non-hydrogen) atoms. The van der Waals surface area contributed by atoms with Crippen molar-refractivity contribution in [3.63, 3.8) is 0 Å². The SMILES string of the molecule is OCCCC(O)c1ccc(Oc2ccccc2)cc1. The Bertz CT molecular complexity index is 479. The third kappa shape index (κ3) is 4.09. The van der Waals surface area contributed by atoms with Crippen molar-refractivity contribution >= 4 is 0 Å². The molecule has 0 aliphatic heterocycles. The summed E-state index contributed by atoms with van der Waals surface area (Å²) in [5.74, 6) is 1.53. The molecule has 3 heteroatoms. The number of para-hydroxylation sites is 1. The Morgan fingerprint density at radius 3 is 2.16 bits per heavy atom. The zero-order chi connectivity index (χ0) is 13.5. The molecule has 0 heterocycles. The number of aliphatic hydroxyl groups excluding tert-OH is 2. The molecule has 0 radical (unpaired) electrons. The van der Waals surface area contributed by atoms with E-state index in [1.807, 2.05) is 54.6 Å². The second kappa shape index (κ2) is 6.92. The molecule has 2 aromatic carbocycles. The van der Waals surface area contributed by atoms with Gasteiger partial charge in [-0.3, -0.25) is 0 Å². The smallest absolute Gasteiger partial charge is 0.127 e. The summed E-state index contributed by atoms with van der Waals surface area (Å²) in [5, 5.41) is 18.6. The minimum Gasteiger partial charge on any atom is -0.457 e. The van der Waals surface area contributed by atoms with Crippen LogP contribution >= 0.6 is 0 Å². The number of benzene rings is 2. The molecule has 1 atom stereocenters. The van der Waals surface area contributed by atoms with E-state index in [0.29, 0.717) is 12.8 Å². The van der Waals surface area contributed by atoms with E-state index in [9.17, 15) is 5.11 Å². The highest BCUT2D eigenvalue weighted by Gasteiger charge is 2.07. The fourth-order valence-electron chi connectivity index (χ4n) is 1.83. The van der Waals surface area contributed by atoms with Gasteiger partial charge in [0.25, 0.3) is 0 Å². The summed E-state index contributed by atoms with van der Waals surface area (Å²) in [6.45, 7) is 0.103. The normalized spacial score (nSPS) is 12.1. The van der Waals surface area contributed by atoms with Gasteiger partial charge in [-0.2, -0.15) is 0 Å². The van der Waals surface area contributed by atoms with Crippen LogP contribution < -0.4 is 4.74 Å². The molecule has 0 amide bonds. The van der Waals surface area contributed by atoms with Gasteiger partial charge in [0.2, 0.25) is 0 Å². The summed E-state index contributed by atoms with van der Waals surface area (Å²) < 4.78 is 5.67. The van der Waals surface area contributed by atoms with Crippen LogP contribution in [0.3, 0.4) is 0 Å². The van der Waals surface area contributed by atoms with E-state index in [4.69, 9.17) is 9.84 Å². The zero-order valence-electron chi connectivity index (χ0n) is 10.7. The van der Waals surface area contributed by atoms with E-state index in [1.165, 1.54) is 0 Å². The van der Waals surface area contributed by atoms with Crippen molar-refractivity contribution in [1.29, 1.82) is 0 Å². The number of ether oxygens (including phenoxy) is 1. The molecule has 100 valence electrons. The molecule has 2 aromatic rings. The lowest BCUT2D eigenvalue weighted by Gasteiger charge is -2.11. The van der Waals surface area contributed by atoms with Gasteiger partial charge in [0.1, 0.15) is 11.5 Å². The Morgan fingerprint density at radius 2 is 1.53 bits per heavy atom. The van der Waals surface area contributed by atoms with Gasteiger partial charge in [0.05, 0.1) is 6.10 Å². The first-order valence-corrected chi connectivity index (χ1v) is 6.41. The molecule has 0 bridgehead atoms. The van der Waals surface area contributed by atoms with Crippen LogP contribution in [-0.2, 0) is 0 Å². The number of rotatable bonds is 6. The first-order chi connectivity index (χ1) is 9.29. The van der Waals surface area contributed by atoms with Crippen molar-refractivity contribution in [2.45, 2.75) is 18.9 Å². The van der Waals surface area contributed by atoms with E-state index in [0.717, 1.165) is 17.1 Å². The third-order valence-corrected chi connectivity index (χ3v) is 2.88. The Kier molecular flexibility index (Phi) is 4.95. The largest absolute Gasteiger partial charge is 0.457 e.